The van der Waals surface area contributed by atoms with E-state index >= 15 is 0 Å². The summed E-state index contributed by atoms with van der Waals surface area (Å²) >= 11 is 0. The van der Waals surface area contributed by atoms with Crippen LogP contribution in [0.2, 0.25) is 0 Å². The summed E-state index contributed by atoms with van der Waals surface area (Å²) in [6, 6.07) is 1.59. The molecule has 19 heavy (non-hydrogen) atoms. The van der Waals surface area contributed by atoms with Crippen LogP contribution in [-0.4, -0.2) is 42.9 Å². The normalized spacial score (nSPS) is 13.4. The van der Waals surface area contributed by atoms with E-state index in [1.54, 1.807) is 6.07 Å². The molecule has 0 amide bonds. The maximum absolute atomic E-state index is 12.9. The van der Waals surface area contributed by atoms with Crippen molar-refractivity contribution < 1.29 is 13.4 Å². The van der Waals surface area contributed by atoms with Crippen LogP contribution in [0.1, 0.15) is 6.92 Å². The Labute approximate surface area is 105 Å². The van der Waals surface area contributed by atoms with Crippen molar-refractivity contribution in [1.82, 2.24) is 30.2 Å². The number of hydrogen-bond donors (Lipinski definition) is 1. The molecule has 1 atom stereocenters. The van der Waals surface area contributed by atoms with Gasteiger partial charge in [0.2, 0.25) is 0 Å². The number of nitrogens with two attached hydrogens (primary N) is 1. The maximum Gasteiger partial charge on any atom is 0.277 e. The summed E-state index contributed by atoms with van der Waals surface area (Å²) in [5.41, 5.74) is -1.34. The molecule has 0 saturated carbocycles. The van der Waals surface area contributed by atoms with Crippen molar-refractivity contribution in [3.8, 4) is 0 Å². The van der Waals surface area contributed by atoms with Gasteiger partial charge in [0, 0.05) is 12.4 Å². The van der Waals surface area contributed by atoms with Crippen LogP contribution < -0.4 is 11.0 Å². The highest BCUT2D eigenvalue weighted by molar-refractivity contribution is 5.36. The molecule has 0 radical (unpaired) electrons. The predicted octanol–water partition coefficient (Wildman–Crippen LogP) is 0.365. The van der Waals surface area contributed by atoms with Crippen LogP contribution >= 0.6 is 0 Å². The fourth-order valence-corrected chi connectivity index (χ4v) is 1.37. The standard InChI is InChI=1S/C8H11F3N8/c1-6(9)5-17(19(10)11)18(12)8-14-7-13-3-2-4-16(7)15-8/h2-4,6H,5,12H2,1H3. The third-order valence-corrected chi connectivity index (χ3v) is 2.15. The van der Waals surface area contributed by atoms with Gasteiger partial charge in [0.15, 0.2) is 0 Å². The van der Waals surface area contributed by atoms with Crippen LogP contribution in [0.4, 0.5) is 19.3 Å². The highest BCUT2D eigenvalue weighted by Crippen LogP contribution is 2.12. The minimum atomic E-state index is -1.52. The van der Waals surface area contributed by atoms with E-state index in [2.05, 4.69) is 15.1 Å². The van der Waals surface area contributed by atoms with E-state index in [4.69, 9.17) is 5.84 Å². The number of fused-ring (bicyclic) bond motifs is 1. The van der Waals surface area contributed by atoms with Gasteiger partial charge in [-0.1, -0.05) is 14.1 Å². The number of aromatic nitrogens is 4. The zero-order chi connectivity index (χ0) is 14.0. The number of hydrogen-bond acceptors (Lipinski definition) is 7. The van der Waals surface area contributed by atoms with Gasteiger partial charge in [0.05, 0.1) is 6.54 Å². The lowest BCUT2D eigenvalue weighted by atomic mass is 10.4. The highest BCUT2D eigenvalue weighted by atomic mass is 19.4. The zero-order valence-corrected chi connectivity index (χ0v) is 9.86. The number of halogens is 3. The van der Waals surface area contributed by atoms with Gasteiger partial charge in [0.25, 0.3) is 11.7 Å². The van der Waals surface area contributed by atoms with Gasteiger partial charge >= 0.3 is 0 Å². The van der Waals surface area contributed by atoms with Crippen molar-refractivity contribution in [3.05, 3.63) is 18.5 Å². The summed E-state index contributed by atoms with van der Waals surface area (Å²) in [6.45, 7) is 0.482. The van der Waals surface area contributed by atoms with E-state index in [1.807, 2.05) is 0 Å². The van der Waals surface area contributed by atoms with Crippen LogP contribution in [-0.2, 0) is 0 Å². The second kappa shape index (κ2) is 5.34. The molecule has 2 N–H and O–H groups in total. The van der Waals surface area contributed by atoms with Crippen LogP contribution in [0.5, 0.6) is 0 Å². The molecule has 2 heterocycles. The molecule has 1 unspecified atom stereocenters. The number of anilines is 1. The molecule has 0 aromatic carbocycles. The quantitative estimate of drug-likeness (QED) is 0.480. The number of alkyl halides is 1. The molecule has 0 aliphatic heterocycles. The second-order valence-electron chi connectivity index (χ2n) is 3.67. The summed E-state index contributed by atoms with van der Waals surface area (Å²) in [6.07, 6.45) is 1.47. The van der Waals surface area contributed by atoms with Gasteiger partial charge in [0.1, 0.15) is 11.6 Å². The molecule has 2 rings (SSSR count). The van der Waals surface area contributed by atoms with Crippen molar-refractivity contribution in [1.29, 1.82) is 0 Å². The van der Waals surface area contributed by atoms with Gasteiger partial charge < -0.3 is 0 Å². The SMILES string of the molecule is CC(F)CN(N(F)F)N(N)c1nc2ncccn2n1. The van der Waals surface area contributed by atoms with Crippen LogP contribution in [0.3, 0.4) is 0 Å². The second-order valence-corrected chi connectivity index (χ2v) is 3.67. The third-order valence-electron chi connectivity index (χ3n) is 2.15. The predicted molar refractivity (Wildman–Crippen MR) is 58.8 cm³/mol. The van der Waals surface area contributed by atoms with Crippen molar-refractivity contribution >= 4 is 11.7 Å². The minimum absolute atomic E-state index is 0.166. The monoisotopic (exact) mass is 276 g/mol. The maximum atomic E-state index is 12.9. The molecule has 11 heteroatoms. The van der Waals surface area contributed by atoms with E-state index in [0.29, 0.717) is 5.12 Å². The first-order valence-electron chi connectivity index (χ1n) is 5.24. The lowest BCUT2D eigenvalue weighted by Crippen LogP contribution is -2.54. The summed E-state index contributed by atoms with van der Waals surface area (Å²) in [5.74, 6) is 5.41. The van der Waals surface area contributed by atoms with E-state index < -0.39 is 18.2 Å². The Balaban J connectivity index is 2.27. The topological polar surface area (TPSA) is 78.8 Å². The lowest BCUT2D eigenvalue weighted by molar-refractivity contribution is -0.309. The highest BCUT2D eigenvalue weighted by Gasteiger charge is 2.26. The molecular weight excluding hydrogens is 265 g/mol. The van der Waals surface area contributed by atoms with Crippen molar-refractivity contribution in [2.45, 2.75) is 13.1 Å². The fourth-order valence-electron chi connectivity index (χ4n) is 1.37. The zero-order valence-electron chi connectivity index (χ0n) is 9.86. The Kier molecular flexibility index (Phi) is 3.78. The number of rotatable bonds is 5. The van der Waals surface area contributed by atoms with Crippen molar-refractivity contribution in [2.24, 2.45) is 5.84 Å². The average Bonchev–Trinajstić information content (AvgIpc) is 2.78. The first kappa shape index (κ1) is 13.5. The molecule has 0 bridgehead atoms. The summed E-state index contributed by atoms with van der Waals surface area (Å²) in [5, 5.41) is 4.46. The van der Waals surface area contributed by atoms with Gasteiger partial charge in [-0.25, -0.2) is 19.7 Å². The van der Waals surface area contributed by atoms with E-state index in [-0.39, 0.29) is 16.8 Å². The molecule has 0 aliphatic rings. The van der Waals surface area contributed by atoms with Crippen molar-refractivity contribution in [3.63, 3.8) is 0 Å². The Morgan fingerprint density at radius 1 is 1.47 bits per heavy atom. The average molecular weight is 276 g/mol. The fraction of sp³-hybridized carbons (Fsp3) is 0.375. The molecule has 0 aliphatic carbocycles. The number of nitrogens with zero attached hydrogens (tertiary/aromatic N) is 7. The Morgan fingerprint density at radius 3 is 2.79 bits per heavy atom. The molecule has 8 nitrogen and oxygen atoms in total. The minimum Gasteiger partial charge on any atom is -0.246 e. The van der Waals surface area contributed by atoms with Crippen molar-refractivity contribution in [2.75, 3.05) is 11.7 Å². The largest absolute Gasteiger partial charge is 0.277 e. The van der Waals surface area contributed by atoms with Crippen LogP contribution in [0.15, 0.2) is 18.5 Å². The van der Waals surface area contributed by atoms with Gasteiger partial charge in [-0.2, -0.15) is 10.1 Å². The summed E-state index contributed by atoms with van der Waals surface area (Å²) in [4.78, 5) is 7.70. The first-order chi connectivity index (χ1) is 8.99. The molecule has 2 aromatic rings. The molecule has 2 aromatic heterocycles. The molecule has 0 fully saturated rings. The Morgan fingerprint density at radius 2 is 2.21 bits per heavy atom. The van der Waals surface area contributed by atoms with E-state index in [0.717, 1.165) is 6.92 Å². The van der Waals surface area contributed by atoms with E-state index in [9.17, 15) is 13.4 Å². The Bertz CT molecular complexity index is 511. The molecular formula is C8H11F3N8. The molecule has 104 valence electrons. The first-order valence-corrected chi connectivity index (χ1v) is 5.24. The smallest absolute Gasteiger partial charge is 0.246 e. The third kappa shape index (κ3) is 2.89. The number of hydrazine groups is 3. The van der Waals surface area contributed by atoms with E-state index in [1.165, 1.54) is 16.9 Å². The summed E-state index contributed by atoms with van der Waals surface area (Å²) < 4.78 is 39.4. The van der Waals surface area contributed by atoms with Crippen LogP contribution in [0, 0.1) is 0 Å². The van der Waals surface area contributed by atoms with Gasteiger partial charge in [-0.3, -0.25) is 0 Å². The van der Waals surface area contributed by atoms with Gasteiger partial charge in [-0.05, 0) is 13.0 Å². The van der Waals surface area contributed by atoms with Crippen LogP contribution in [0.25, 0.3) is 5.78 Å². The van der Waals surface area contributed by atoms with Gasteiger partial charge in [-0.15, -0.1) is 5.10 Å². The Hall–Kier alpha value is -1.98. The molecule has 0 saturated heterocycles. The lowest BCUT2D eigenvalue weighted by Gasteiger charge is -2.28. The molecule has 0 spiro atoms. The summed E-state index contributed by atoms with van der Waals surface area (Å²) in [7, 11) is 0.